The maximum Gasteiger partial charge on any atom is 0.234 e. The molecule has 2 aliphatic rings. The van der Waals surface area contributed by atoms with Gasteiger partial charge in [0.05, 0.1) is 12.6 Å². The zero-order chi connectivity index (χ0) is 19.5. The average Bonchev–Trinajstić information content (AvgIpc) is 2.71. The summed E-state index contributed by atoms with van der Waals surface area (Å²) in [5.41, 5.74) is 3.78. The van der Waals surface area contributed by atoms with Crippen LogP contribution in [0.1, 0.15) is 36.6 Å². The number of benzene rings is 2. The van der Waals surface area contributed by atoms with E-state index in [9.17, 15) is 4.79 Å². The van der Waals surface area contributed by atoms with Gasteiger partial charge in [0.2, 0.25) is 5.91 Å². The molecule has 148 valence electrons. The Kier molecular flexibility index (Phi) is 5.53. The summed E-state index contributed by atoms with van der Waals surface area (Å²) in [6.07, 6.45) is 0.999. The fraction of sp³-hybridized carbons (Fsp3) is 0.435. The predicted molar refractivity (Wildman–Crippen MR) is 109 cm³/mol. The molecule has 2 heterocycles. The van der Waals surface area contributed by atoms with Crippen LogP contribution in [0.25, 0.3) is 0 Å². The Bertz CT molecular complexity index is 849. The Morgan fingerprint density at radius 2 is 1.82 bits per heavy atom. The number of hydrogen-bond donors (Lipinski definition) is 1. The summed E-state index contributed by atoms with van der Waals surface area (Å²) < 4.78 is 11.3. The van der Waals surface area contributed by atoms with Gasteiger partial charge in [0.15, 0.2) is 11.5 Å². The molecule has 0 radical (unpaired) electrons. The number of nitrogens with one attached hydrogen (secondary N) is 1. The summed E-state index contributed by atoms with van der Waals surface area (Å²) in [5.74, 6) is 1.87. The van der Waals surface area contributed by atoms with E-state index < -0.39 is 0 Å². The summed E-state index contributed by atoms with van der Waals surface area (Å²) in [5, 5.41) is 3.23. The molecule has 0 aromatic heterocycles. The summed E-state index contributed by atoms with van der Waals surface area (Å²) in [6, 6.07) is 14.4. The third-order valence-corrected chi connectivity index (χ3v) is 5.49. The van der Waals surface area contributed by atoms with Gasteiger partial charge in [0.1, 0.15) is 13.2 Å². The van der Waals surface area contributed by atoms with E-state index in [1.54, 1.807) is 0 Å². The minimum atomic E-state index is -0.0552. The minimum absolute atomic E-state index is 0.0552. The number of fused-ring (bicyclic) bond motifs is 2. The van der Waals surface area contributed by atoms with Crippen molar-refractivity contribution in [1.82, 2.24) is 10.2 Å². The van der Waals surface area contributed by atoms with Crippen LogP contribution in [-0.4, -0.2) is 37.1 Å². The highest BCUT2D eigenvalue weighted by Gasteiger charge is 2.23. The maximum atomic E-state index is 12.8. The SMILES string of the molecule is CC(C)[C@H](NC(=O)CN1CCc2ccccc2C1)c1ccc2c(c1)OCCO2. The molecule has 2 aliphatic heterocycles. The number of amides is 1. The van der Waals surface area contributed by atoms with Crippen LogP contribution in [0.5, 0.6) is 11.5 Å². The van der Waals surface area contributed by atoms with Crippen LogP contribution in [0.4, 0.5) is 0 Å². The summed E-state index contributed by atoms with van der Waals surface area (Å²) in [6.45, 7) is 7.56. The van der Waals surface area contributed by atoms with E-state index in [2.05, 4.69) is 48.3 Å². The highest BCUT2D eigenvalue weighted by molar-refractivity contribution is 5.78. The van der Waals surface area contributed by atoms with Crippen molar-refractivity contribution < 1.29 is 14.3 Å². The predicted octanol–water partition coefficient (Wildman–Crippen LogP) is 3.33. The van der Waals surface area contributed by atoms with E-state index in [1.165, 1.54) is 11.1 Å². The Morgan fingerprint density at radius 1 is 1.07 bits per heavy atom. The molecule has 1 N–H and O–H groups in total. The fourth-order valence-corrected chi connectivity index (χ4v) is 4.00. The Balaban J connectivity index is 1.42. The molecule has 1 amide bonds. The van der Waals surface area contributed by atoms with Crippen LogP contribution < -0.4 is 14.8 Å². The van der Waals surface area contributed by atoms with E-state index in [1.807, 2.05) is 18.2 Å². The van der Waals surface area contributed by atoms with Crippen molar-refractivity contribution in [2.45, 2.75) is 32.9 Å². The number of hydrogen-bond acceptors (Lipinski definition) is 4. The quantitative estimate of drug-likeness (QED) is 0.865. The molecule has 1 atom stereocenters. The third kappa shape index (κ3) is 4.14. The van der Waals surface area contributed by atoms with E-state index in [-0.39, 0.29) is 17.9 Å². The zero-order valence-electron chi connectivity index (χ0n) is 16.6. The second kappa shape index (κ2) is 8.23. The van der Waals surface area contributed by atoms with Crippen LogP contribution in [0.15, 0.2) is 42.5 Å². The first-order valence-corrected chi connectivity index (χ1v) is 10.1. The smallest absolute Gasteiger partial charge is 0.234 e. The maximum absolute atomic E-state index is 12.8. The van der Waals surface area contributed by atoms with E-state index >= 15 is 0 Å². The Hall–Kier alpha value is -2.53. The highest BCUT2D eigenvalue weighted by Crippen LogP contribution is 2.34. The largest absolute Gasteiger partial charge is 0.486 e. The van der Waals surface area contributed by atoms with Gasteiger partial charge in [-0.25, -0.2) is 0 Å². The normalized spacial score (nSPS) is 17.1. The van der Waals surface area contributed by atoms with Gasteiger partial charge in [-0.3, -0.25) is 9.69 Å². The molecular weight excluding hydrogens is 352 g/mol. The third-order valence-electron chi connectivity index (χ3n) is 5.49. The Labute approximate surface area is 166 Å². The van der Waals surface area contributed by atoms with E-state index in [0.29, 0.717) is 19.8 Å². The van der Waals surface area contributed by atoms with Gasteiger partial charge in [-0.05, 0) is 41.2 Å². The number of ether oxygens (including phenoxy) is 2. The molecule has 0 saturated carbocycles. The molecule has 0 spiro atoms. The number of nitrogens with zero attached hydrogens (tertiary/aromatic N) is 1. The standard InChI is InChI=1S/C23H28N2O3/c1-16(2)23(18-7-8-20-21(13-18)28-12-11-27-20)24-22(26)15-25-10-9-17-5-3-4-6-19(17)14-25/h3-8,13,16,23H,9-12,14-15H2,1-2H3,(H,24,26)/t23-/m0/s1. The topological polar surface area (TPSA) is 50.8 Å². The van der Waals surface area contributed by atoms with Gasteiger partial charge < -0.3 is 14.8 Å². The van der Waals surface area contributed by atoms with Gasteiger partial charge in [-0.15, -0.1) is 0 Å². The summed E-state index contributed by atoms with van der Waals surface area (Å²) in [4.78, 5) is 15.0. The first kappa shape index (κ1) is 18.8. The lowest BCUT2D eigenvalue weighted by molar-refractivity contribution is -0.123. The molecule has 0 bridgehead atoms. The van der Waals surface area contributed by atoms with E-state index in [4.69, 9.17) is 9.47 Å². The average molecular weight is 380 g/mol. The molecule has 5 nitrogen and oxygen atoms in total. The molecule has 2 aromatic carbocycles. The van der Waals surface area contributed by atoms with Crippen LogP contribution in [-0.2, 0) is 17.8 Å². The second-order valence-corrected chi connectivity index (χ2v) is 7.92. The van der Waals surface area contributed by atoms with Gasteiger partial charge >= 0.3 is 0 Å². The zero-order valence-corrected chi connectivity index (χ0v) is 16.6. The minimum Gasteiger partial charge on any atom is -0.486 e. The van der Waals surface area contributed by atoms with Crippen LogP contribution in [0, 0.1) is 5.92 Å². The molecule has 0 saturated heterocycles. The van der Waals surface area contributed by atoms with E-state index in [0.717, 1.165) is 36.6 Å². The molecule has 0 fully saturated rings. The lowest BCUT2D eigenvalue weighted by atomic mass is 9.95. The number of carbonyl (C=O) groups is 1. The fourth-order valence-electron chi connectivity index (χ4n) is 4.00. The second-order valence-electron chi connectivity index (χ2n) is 7.92. The van der Waals surface area contributed by atoms with Crippen molar-refractivity contribution in [3.63, 3.8) is 0 Å². The first-order valence-electron chi connectivity index (χ1n) is 10.1. The molecule has 0 unspecified atom stereocenters. The lowest BCUT2D eigenvalue weighted by Crippen LogP contribution is -2.42. The van der Waals surface area contributed by atoms with Crippen LogP contribution in [0.2, 0.25) is 0 Å². The molecule has 0 aliphatic carbocycles. The van der Waals surface area contributed by atoms with Crippen molar-refractivity contribution in [2.75, 3.05) is 26.3 Å². The number of rotatable bonds is 5. The lowest BCUT2D eigenvalue weighted by Gasteiger charge is -2.30. The molecule has 2 aromatic rings. The van der Waals surface area contributed by atoms with Crippen molar-refractivity contribution in [1.29, 1.82) is 0 Å². The van der Waals surface area contributed by atoms with Crippen molar-refractivity contribution in [3.8, 4) is 11.5 Å². The Morgan fingerprint density at radius 3 is 2.61 bits per heavy atom. The van der Waals surface area contributed by atoms with Crippen molar-refractivity contribution >= 4 is 5.91 Å². The highest BCUT2D eigenvalue weighted by atomic mass is 16.6. The van der Waals surface area contributed by atoms with Gasteiger partial charge in [-0.1, -0.05) is 44.2 Å². The molecule has 4 rings (SSSR count). The van der Waals surface area contributed by atoms with Crippen LogP contribution >= 0.6 is 0 Å². The van der Waals surface area contributed by atoms with Crippen molar-refractivity contribution in [2.24, 2.45) is 5.92 Å². The molecular formula is C23H28N2O3. The van der Waals surface area contributed by atoms with Gasteiger partial charge in [0.25, 0.3) is 0 Å². The molecule has 28 heavy (non-hydrogen) atoms. The van der Waals surface area contributed by atoms with Crippen LogP contribution in [0.3, 0.4) is 0 Å². The summed E-state index contributed by atoms with van der Waals surface area (Å²) >= 11 is 0. The van der Waals surface area contributed by atoms with Crippen molar-refractivity contribution in [3.05, 3.63) is 59.2 Å². The first-order chi connectivity index (χ1) is 13.6. The monoisotopic (exact) mass is 380 g/mol. The van der Waals surface area contributed by atoms with Gasteiger partial charge in [0, 0.05) is 13.1 Å². The molecule has 5 heteroatoms. The summed E-state index contributed by atoms with van der Waals surface area (Å²) in [7, 11) is 0. The van der Waals surface area contributed by atoms with Gasteiger partial charge in [-0.2, -0.15) is 0 Å². The number of carbonyl (C=O) groups excluding carboxylic acids is 1.